The third-order valence-electron chi connectivity index (χ3n) is 3.36. The number of rotatable bonds is 2. The van der Waals surface area contributed by atoms with Gasteiger partial charge in [0, 0.05) is 19.0 Å². The van der Waals surface area contributed by atoms with Crippen molar-refractivity contribution in [3.8, 4) is 5.88 Å². The Balaban J connectivity index is 1.89. The molecule has 14 heavy (non-hydrogen) atoms. The average molecular weight is 211 g/mol. The standard InChI is InChI=1S/C9H13N3OS/c1-13-9-8(10-14-11-9)7-5-12-3-2-6(7)4-12/h6-7H,2-5H2,1H3. The first-order chi connectivity index (χ1) is 6.88. The predicted molar refractivity (Wildman–Crippen MR) is 53.7 cm³/mol. The van der Waals surface area contributed by atoms with Gasteiger partial charge in [0.1, 0.15) is 5.69 Å². The molecule has 2 aliphatic rings. The van der Waals surface area contributed by atoms with Crippen LogP contribution in [0.3, 0.4) is 0 Å². The SMILES string of the molecule is COc1nsnc1C1CN2CCC1C2. The predicted octanol–water partition coefficient (Wildman–Crippen LogP) is 0.966. The largest absolute Gasteiger partial charge is 0.479 e. The number of piperidine rings is 1. The number of hydrogen-bond acceptors (Lipinski definition) is 5. The molecule has 0 aromatic carbocycles. The minimum absolute atomic E-state index is 0.567. The van der Waals surface area contributed by atoms with Crippen LogP contribution >= 0.6 is 11.7 Å². The molecule has 3 rings (SSSR count). The Bertz CT molecular complexity index is 341. The van der Waals surface area contributed by atoms with Crippen LogP contribution in [0.25, 0.3) is 0 Å². The molecular formula is C9H13N3OS. The summed E-state index contributed by atoms with van der Waals surface area (Å²) in [7, 11) is 1.67. The molecule has 3 unspecified atom stereocenters. The second-order valence-electron chi connectivity index (χ2n) is 4.07. The van der Waals surface area contributed by atoms with Crippen molar-refractivity contribution in [2.75, 3.05) is 26.7 Å². The minimum Gasteiger partial charge on any atom is -0.479 e. The third kappa shape index (κ3) is 1.15. The molecule has 5 heteroatoms. The van der Waals surface area contributed by atoms with Gasteiger partial charge in [0.05, 0.1) is 18.8 Å². The lowest BCUT2D eigenvalue weighted by Crippen LogP contribution is -2.22. The van der Waals surface area contributed by atoms with Gasteiger partial charge < -0.3 is 9.64 Å². The molecule has 0 amide bonds. The fourth-order valence-corrected chi connectivity index (χ4v) is 3.23. The van der Waals surface area contributed by atoms with E-state index in [1.165, 1.54) is 31.2 Å². The molecule has 1 aromatic rings. The summed E-state index contributed by atoms with van der Waals surface area (Å²) in [4.78, 5) is 2.51. The van der Waals surface area contributed by atoms with E-state index >= 15 is 0 Å². The first-order valence-electron chi connectivity index (χ1n) is 4.97. The third-order valence-corrected chi connectivity index (χ3v) is 3.89. The maximum Gasteiger partial charge on any atom is 0.249 e. The molecule has 3 heterocycles. The van der Waals surface area contributed by atoms with E-state index in [0.29, 0.717) is 5.92 Å². The molecule has 0 saturated carbocycles. The Morgan fingerprint density at radius 1 is 1.43 bits per heavy atom. The molecular weight excluding hydrogens is 198 g/mol. The van der Waals surface area contributed by atoms with E-state index in [0.717, 1.165) is 24.0 Å². The molecule has 0 N–H and O–H groups in total. The Morgan fingerprint density at radius 3 is 3.00 bits per heavy atom. The molecule has 0 aliphatic carbocycles. The van der Waals surface area contributed by atoms with Gasteiger partial charge in [-0.1, -0.05) is 0 Å². The molecule has 2 saturated heterocycles. The average Bonchev–Trinajstić information content (AvgIpc) is 2.92. The summed E-state index contributed by atoms with van der Waals surface area (Å²) in [5.41, 5.74) is 1.09. The van der Waals surface area contributed by atoms with Crippen LogP contribution in [0.1, 0.15) is 18.0 Å². The van der Waals surface area contributed by atoms with E-state index in [2.05, 4.69) is 13.6 Å². The van der Waals surface area contributed by atoms with E-state index in [4.69, 9.17) is 4.74 Å². The molecule has 0 radical (unpaired) electrons. The Kier molecular flexibility index (Phi) is 1.95. The van der Waals surface area contributed by atoms with E-state index < -0.39 is 0 Å². The van der Waals surface area contributed by atoms with Gasteiger partial charge in [-0.3, -0.25) is 0 Å². The summed E-state index contributed by atoms with van der Waals surface area (Å²) >= 11 is 1.26. The van der Waals surface area contributed by atoms with Crippen LogP contribution in [-0.4, -0.2) is 40.4 Å². The fourth-order valence-electron chi connectivity index (χ4n) is 2.65. The molecule has 4 nitrogen and oxygen atoms in total. The summed E-state index contributed by atoms with van der Waals surface area (Å²) in [5.74, 6) is 2.10. The van der Waals surface area contributed by atoms with Gasteiger partial charge in [0.2, 0.25) is 5.88 Å². The fraction of sp³-hybridized carbons (Fsp3) is 0.778. The van der Waals surface area contributed by atoms with Gasteiger partial charge in [-0.05, 0) is 18.9 Å². The van der Waals surface area contributed by atoms with Crippen LogP contribution < -0.4 is 4.74 Å². The van der Waals surface area contributed by atoms with Crippen LogP contribution in [0.15, 0.2) is 0 Å². The summed E-state index contributed by atoms with van der Waals surface area (Å²) in [6.07, 6.45) is 1.31. The second kappa shape index (κ2) is 3.17. The van der Waals surface area contributed by atoms with Crippen molar-refractivity contribution in [1.29, 1.82) is 0 Å². The summed E-state index contributed by atoms with van der Waals surface area (Å²) in [6.45, 7) is 3.65. The molecule has 3 atom stereocenters. The van der Waals surface area contributed by atoms with E-state index in [1.54, 1.807) is 7.11 Å². The Labute approximate surface area is 87.2 Å². The lowest BCUT2D eigenvalue weighted by atomic mass is 9.90. The monoisotopic (exact) mass is 211 g/mol. The minimum atomic E-state index is 0.567. The van der Waals surface area contributed by atoms with Crippen LogP contribution in [-0.2, 0) is 0 Å². The zero-order chi connectivity index (χ0) is 9.54. The molecule has 2 fully saturated rings. The first kappa shape index (κ1) is 8.61. The number of methoxy groups -OCH3 is 1. The maximum absolute atomic E-state index is 5.22. The highest BCUT2D eigenvalue weighted by Crippen LogP contribution is 2.41. The van der Waals surface area contributed by atoms with E-state index in [9.17, 15) is 0 Å². The number of fused-ring (bicyclic) bond motifs is 2. The van der Waals surface area contributed by atoms with Crippen LogP contribution in [0.2, 0.25) is 0 Å². The van der Waals surface area contributed by atoms with E-state index in [1.807, 2.05) is 0 Å². The number of hydrogen-bond donors (Lipinski definition) is 0. The molecule has 2 bridgehead atoms. The van der Waals surface area contributed by atoms with Gasteiger partial charge in [-0.2, -0.15) is 4.37 Å². The molecule has 76 valence electrons. The lowest BCUT2D eigenvalue weighted by Gasteiger charge is -2.20. The van der Waals surface area contributed by atoms with Crippen molar-refractivity contribution in [2.45, 2.75) is 12.3 Å². The smallest absolute Gasteiger partial charge is 0.249 e. The van der Waals surface area contributed by atoms with Gasteiger partial charge in [-0.15, -0.1) is 4.37 Å². The van der Waals surface area contributed by atoms with Gasteiger partial charge >= 0.3 is 0 Å². The Hall–Kier alpha value is -0.680. The lowest BCUT2D eigenvalue weighted by molar-refractivity contribution is 0.333. The second-order valence-corrected chi connectivity index (χ2v) is 4.60. The van der Waals surface area contributed by atoms with Crippen molar-refractivity contribution in [3.63, 3.8) is 0 Å². The van der Waals surface area contributed by atoms with Crippen molar-refractivity contribution >= 4 is 11.7 Å². The van der Waals surface area contributed by atoms with Crippen molar-refractivity contribution in [1.82, 2.24) is 13.6 Å². The maximum atomic E-state index is 5.22. The number of nitrogens with zero attached hydrogens (tertiary/aromatic N) is 3. The Morgan fingerprint density at radius 2 is 2.36 bits per heavy atom. The molecule has 2 aliphatic heterocycles. The van der Waals surface area contributed by atoms with Crippen molar-refractivity contribution in [2.24, 2.45) is 5.92 Å². The van der Waals surface area contributed by atoms with Gasteiger partial charge in [0.15, 0.2) is 0 Å². The molecule has 0 spiro atoms. The molecule has 1 aromatic heterocycles. The summed E-state index contributed by atoms with van der Waals surface area (Å²) < 4.78 is 13.7. The first-order valence-corrected chi connectivity index (χ1v) is 5.70. The number of ether oxygens (including phenoxy) is 1. The highest BCUT2D eigenvalue weighted by atomic mass is 32.1. The highest BCUT2D eigenvalue weighted by molar-refractivity contribution is 6.99. The number of aromatic nitrogens is 2. The van der Waals surface area contributed by atoms with Crippen LogP contribution in [0.5, 0.6) is 5.88 Å². The van der Waals surface area contributed by atoms with Crippen LogP contribution in [0, 0.1) is 5.92 Å². The zero-order valence-corrected chi connectivity index (χ0v) is 8.96. The highest BCUT2D eigenvalue weighted by Gasteiger charge is 2.41. The van der Waals surface area contributed by atoms with Crippen molar-refractivity contribution in [3.05, 3.63) is 5.69 Å². The topological polar surface area (TPSA) is 38.3 Å². The van der Waals surface area contributed by atoms with Crippen LogP contribution in [0.4, 0.5) is 0 Å². The summed E-state index contributed by atoms with van der Waals surface area (Å²) in [5, 5.41) is 0. The quantitative estimate of drug-likeness (QED) is 0.730. The zero-order valence-electron chi connectivity index (χ0n) is 8.14. The van der Waals surface area contributed by atoms with Crippen molar-refractivity contribution < 1.29 is 4.74 Å². The van der Waals surface area contributed by atoms with Gasteiger partial charge in [-0.25, -0.2) is 0 Å². The normalized spacial score (nSPS) is 35.1. The summed E-state index contributed by atoms with van der Waals surface area (Å²) in [6, 6.07) is 0. The van der Waals surface area contributed by atoms with E-state index in [-0.39, 0.29) is 0 Å². The van der Waals surface area contributed by atoms with Gasteiger partial charge in [0.25, 0.3) is 0 Å².